The topological polar surface area (TPSA) is 84.4 Å². The second kappa shape index (κ2) is 6.18. The lowest BCUT2D eigenvalue weighted by Gasteiger charge is -2.06. The molecule has 0 saturated heterocycles. The monoisotopic (exact) mass is 229 g/mol. The number of esters is 1. The van der Waals surface area contributed by atoms with Gasteiger partial charge in [0.05, 0.1) is 6.61 Å². The minimum absolute atomic E-state index is 0.232. The number of carbonyl (C=O) groups excluding carboxylic acids is 1. The van der Waals surface area contributed by atoms with Crippen molar-refractivity contribution in [3.05, 3.63) is 17.3 Å². The van der Waals surface area contributed by atoms with Crippen LogP contribution >= 0.6 is 11.8 Å². The van der Waals surface area contributed by atoms with E-state index >= 15 is 0 Å². The van der Waals surface area contributed by atoms with E-state index in [1.807, 2.05) is 0 Å². The number of hydrogen-bond acceptors (Lipinski definition) is 6. The minimum Gasteiger partial charge on any atom is -0.464 e. The van der Waals surface area contributed by atoms with Crippen molar-refractivity contribution in [3.63, 3.8) is 0 Å². The summed E-state index contributed by atoms with van der Waals surface area (Å²) in [5.74, 6) is -0.359. The van der Waals surface area contributed by atoms with Crippen LogP contribution in [0, 0.1) is 4.91 Å². The Bertz CT molecular complexity index is 315. The molecule has 1 aromatic heterocycles. The number of nitrogens with one attached hydrogen (secondary N) is 1. The van der Waals surface area contributed by atoms with Gasteiger partial charge in [0.1, 0.15) is 0 Å². The van der Waals surface area contributed by atoms with Gasteiger partial charge in [0.15, 0.2) is 11.2 Å². The molecular formula is C8H11N3O3S. The first kappa shape index (κ1) is 11.7. The van der Waals surface area contributed by atoms with Crippen LogP contribution in [0.2, 0.25) is 0 Å². The molecule has 1 N–H and O–H groups in total. The molecule has 0 aliphatic heterocycles. The first-order valence-electron chi connectivity index (χ1n) is 4.39. The third-order valence-electron chi connectivity index (χ3n) is 1.54. The molecule has 15 heavy (non-hydrogen) atoms. The predicted octanol–water partition coefficient (Wildman–Crippen LogP) is 1.20. The number of thioether (sulfide) groups is 1. The highest BCUT2D eigenvalue weighted by Gasteiger charge is 2.21. The van der Waals surface area contributed by atoms with E-state index in [2.05, 4.69) is 19.9 Å². The summed E-state index contributed by atoms with van der Waals surface area (Å²) in [6.07, 6.45) is 3.26. The quantitative estimate of drug-likeness (QED) is 0.450. The Balaban J connectivity index is 2.40. The second-order valence-electron chi connectivity index (χ2n) is 2.58. The van der Waals surface area contributed by atoms with E-state index in [0.29, 0.717) is 5.16 Å². The van der Waals surface area contributed by atoms with Gasteiger partial charge in [-0.15, -0.1) is 4.91 Å². The van der Waals surface area contributed by atoms with Gasteiger partial charge in [0.2, 0.25) is 0 Å². The van der Waals surface area contributed by atoms with Crippen molar-refractivity contribution in [1.29, 1.82) is 0 Å². The molecule has 0 amide bonds. The van der Waals surface area contributed by atoms with E-state index in [1.54, 1.807) is 19.3 Å². The number of rotatable bonds is 6. The largest absolute Gasteiger partial charge is 0.464 e. The van der Waals surface area contributed by atoms with Crippen molar-refractivity contribution in [1.82, 2.24) is 9.97 Å². The maximum Gasteiger partial charge on any atom is 0.335 e. The van der Waals surface area contributed by atoms with Crippen LogP contribution in [-0.4, -0.2) is 34.3 Å². The van der Waals surface area contributed by atoms with Crippen molar-refractivity contribution in [2.45, 2.75) is 18.1 Å². The molecular weight excluding hydrogens is 218 g/mol. The molecule has 0 aliphatic rings. The molecule has 1 heterocycles. The van der Waals surface area contributed by atoms with E-state index in [9.17, 15) is 9.70 Å². The van der Waals surface area contributed by atoms with Crippen LogP contribution in [0.4, 0.5) is 0 Å². The Kier molecular flexibility index (Phi) is 4.82. The molecule has 0 aromatic carbocycles. The number of hydrogen-bond donors (Lipinski definition) is 1. The number of aromatic amines is 1. The molecule has 1 atom stereocenters. The van der Waals surface area contributed by atoms with Gasteiger partial charge in [-0.05, 0) is 6.92 Å². The summed E-state index contributed by atoms with van der Waals surface area (Å²) in [4.78, 5) is 28.3. The normalized spacial score (nSPS) is 12.1. The van der Waals surface area contributed by atoms with Gasteiger partial charge in [-0.3, -0.25) is 0 Å². The van der Waals surface area contributed by atoms with Crippen molar-refractivity contribution in [2.24, 2.45) is 5.18 Å². The van der Waals surface area contributed by atoms with Gasteiger partial charge in [-0.2, -0.15) is 0 Å². The van der Waals surface area contributed by atoms with Crippen LogP contribution in [0.3, 0.4) is 0 Å². The molecule has 1 aromatic rings. The van der Waals surface area contributed by atoms with Gasteiger partial charge in [-0.1, -0.05) is 16.9 Å². The van der Waals surface area contributed by atoms with E-state index in [4.69, 9.17) is 0 Å². The third-order valence-corrected chi connectivity index (χ3v) is 2.52. The van der Waals surface area contributed by atoms with E-state index in [0.717, 1.165) is 0 Å². The summed E-state index contributed by atoms with van der Waals surface area (Å²) in [5.41, 5.74) is 0. The Morgan fingerprint density at radius 2 is 2.60 bits per heavy atom. The Morgan fingerprint density at radius 1 is 1.80 bits per heavy atom. The van der Waals surface area contributed by atoms with Gasteiger partial charge in [0.25, 0.3) is 0 Å². The van der Waals surface area contributed by atoms with Crippen molar-refractivity contribution >= 4 is 17.7 Å². The number of H-pyrrole nitrogens is 1. The van der Waals surface area contributed by atoms with Crippen LogP contribution in [-0.2, 0) is 9.53 Å². The fraction of sp³-hybridized carbons (Fsp3) is 0.500. The fourth-order valence-electron chi connectivity index (χ4n) is 0.868. The zero-order valence-electron chi connectivity index (χ0n) is 8.17. The summed E-state index contributed by atoms with van der Waals surface area (Å²) >= 11 is 1.25. The molecule has 1 rings (SSSR count). The van der Waals surface area contributed by atoms with Gasteiger partial charge >= 0.3 is 5.97 Å². The summed E-state index contributed by atoms with van der Waals surface area (Å²) < 4.78 is 4.69. The Hall–Kier alpha value is -1.37. The number of imidazole rings is 1. The Morgan fingerprint density at radius 3 is 3.13 bits per heavy atom. The predicted molar refractivity (Wildman–Crippen MR) is 55.5 cm³/mol. The molecule has 6 nitrogen and oxygen atoms in total. The molecule has 82 valence electrons. The van der Waals surface area contributed by atoms with Crippen LogP contribution in [0.1, 0.15) is 6.92 Å². The second-order valence-corrected chi connectivity index (χ2v) is 3.59. The van der Waals surface area contributed by atoms with Crippen LogP contribution in [0.5, 0.6) is 0 Å². The first-order valence-corrected chi connectivity index (χ1v) is 5.37. The van der Waals surface area contributed by atoms with Gasteiger partial charge < -0.3 is 9.72 Å². The maximum absolute atomic E-state index is 11.2. The smallest absolute Gasteiger partial charge is 0.335 e. The fourth-order valence-corrected chi connectivity index (χ4v) is 1.67. The zero-order chi connectivity index (χ0) is 11.1. The molecule has 0 aliphatic carbocycles. The average Bonchev–Trinajstić information content (AvgIpc) is 2.72. The number of nitroso groups, excluding NO2 is 1. The van der Waals surface area contributed by atoms with E-state index in [1.165, 1.54) is 11.8 Å². The lowest BCUT2D eigenvalue weighted by atomic mass is 10.4. The SMILES string of the molecule is CCOC(=O)C(CSc1ncc[nH]1)N=O. The number of aromatic nitrogens is 2. The summed E-state index contributed by atoms with van der Waals surface area (Å²) in [7, 11) is 0. The third kappa shape index (κ3) is 3.70. The minimum atomic E-state index is -0.972. The molecule has 0 fully saturated rings. The maximum atomic E-state index is 11.2. The summed E-state index contributed by atoms with van der Waals surface area (Å²) in [5, 5.41) is 3.37. The zero-order valence-corrected chi connectivity index (χ0v) is 8.99. The number of carbonyl (C=O) groups is 1. The molecule has 7 heteroatoms. The lowest BCUT2D eigenvalue weighted by molar-refractivity contribution is -0.144. The van der Waals surface area contributed by atoms with Crippen molar-refractivity contribution in [2.75, 3.05) is 12.4 Å². The molecule has 1 unspecified atom stereocenters. The highest BCUT2D eigenvalue weighted by Crippen LogP contribution is 2.14. The van der Waals surface area contributed by atoms with Crippen LogP contribution in [0.15, 0.2) is 22.7 Å². The lowest BCUT2D eigenvalue weighted by Crippen LogP contribution is -2.23. The van der Waals surface area contributed by atoms with E-state index < -0.39 is 12.0 Å². The highest BCUT2D eigenvalue weighted by atomic mass is 32.2. The Labute approximate surface area is 90.8 Å². The average molecular weight is 229 g/mol. The summed E-state index contributed by atoms with van der Waals surface area (Å²) in [6, 6.07) is -0.972. The van der Waals surface area contributed by atoms with Crippen molar-refractivity contribution < 1.29 is 9.53 Å². The molecule has 0 saturated carbocycles. The molecule has 0 spiro atoms. The van der Waals surface area contributed by atoms with Gasteiger partial charge in [0, 0.05) is 18.1 Å². The van der Waals surface area contributed by atoms with Crippen LogP contribution < -0.4 is 0 Å². The number of ether oxygens (including phenoxy) is 1. The number of nitrogens with zero attached hydrogens (tertiary/aromatic N) is 2. The van der Waals surface area contributed by atoms with Crippen LogP contribution in [0.25, 0.3) is 0 Å². The standard InChI is InChI=1S/C8H11N3O3S/c1-2-14-7(12)6(11-13)5-15-8-9-3-4-10-8/h3-4,6H,2,5H2,1H3,(H,9,10). The highest BCUT2D eigenvalue weighted by molar-refractivity contribution is 7.99. The molecule has 0 bridgehead atoms. The van der Waals surface area contributed by atoms with Gasteiger partial charge in [-0.25, -0.2) is 9.78 Å². The van der Waals surface area contributed by atoms with Crippen molar-refractivity contribution in [3.8, 4) is 0 Å². The summed E-state index contributed by atoms with van der Waals surface area (Å²) in [6.45, 7) is 1.93. The molecule has 0 radical (unpaired) electrons. The first-order chi connectivity index (χ1) is 7.27. The van der Waals surface area contributed by atoms with E-state index in [-0.39, 0.29) is 12.4 Å².